The molecule has 11 heteroatoms. The zero-order chi connectivity index (χ0) is 19.9. The van der Waals surface area contributed by atoms with Crippen molar-refractivity contribution in [3.05, 3.63) is 23.3 Å². The Kier molecular flexibility index (Phi) is 5.04. The number of hydrogen-bond acceptors (Lipinski definition) is 8. The first-order valence-corrected chi connectivity index (χ1v) is 8.66. The lowest BCUT2D eigenvalue weighted by Crippen LogP contribution is -2.61. The smallest absolute Gasteiger partial charge is 0.430 e. The van der Waals surface area contributed by atoms with Crippen molar-refractivity contribution in [1.82, 2.24) is 4.90 Å². The molecule has 0 bridgehead atoms. The first-order chi connectivity index (χ1) is 12.6. The molecule has 3 rings (SSSR count). The van der Waals surface area contributed by atoms with Crippen molar-refractivity contribution in [3.63, 3.8) is 0 Å². The summed E-state index contributed by atoms with van der Waals surface area (Å²) in [5.74, 6) is -1.82. The molecule has 27 heavy (non-hydrogen) atoms. The number of amides is 1. The van der Waals surface area contributed by atoms with Gasteiger partial charge in [-0.3, -0.25) is 4.79 Å². The van der Waals surface area contributed by atoms with E-state index in [0.29, 0.717) is 5.56 Å². The lowest BCUT2D eigenvalue weighted by atomic mass is 9.70. The minimum Gasteiger partial charge on any atom is -0.669 e. The number of carbonyl (C=O) groups is 2. The number of aliphatic hydroxyl groups excluding tert-OH is 1. The van der Waals surface area contributed by atoms with Crippen molar-refractivity contribution in [2.45, 2.75) is 37.9 Å². The van der Waals surface area contributed by atoms with Gasteiger partial charge >= 0.3 is 12.7 Å². The summed E-state index contributed by atoms with van der Waals surface area (Å²) in [5, 5.41) is 38.4. The van der Waals surface area contributed by atoms with Crippen molar-refractivity contribution >= 4 is 18.6 Å². The van der Waals surface area contributed by atoms with Crippen molar-refractivity contribution in [2.75, 3.05) is 13.1 Å². The molecule has 1 amide bonds. The molecule has 2 atom stereocenters. The average Bonchev–Trinajstić information content (AvgIpc) is 2.54. The number of ether oxygens (including phenoxy) is 1. The summed E-state index contributed by atoms with van der Waals surface area (Å²) in [6, 6.07) is 2.09. The summed E-state index contributed by atoms with van der Waals surface area (Å²) in [6.07, 6.45) is -1.18. The minimum atomic E-state index is -3.11. The first kappa shape index (κ1) is 19.4. The molecule has 2 aliphatic heterocycles. The number of aromatic carboxylic acids is 1. The molecule has 6 N–H and O–H groups in total. The Morgan fingerprint density at radius 3 is 2.63 bits per heavy atom. The van der Waals surface area contributed by atoms with Crippen LogP contribution in [0.15, 0.2) is 12.1 Å². The van der Waals surface area contributed by atoms with Gasteiger partial charge in [-0.2, -0.15) is 0 Å². The molecular formula is C16H22BN2O8-. The molecule has 2 heterocycles. The molecule has 0 spiro atoms. The van der Waals surface area contributed by atoms with Crippen LogP contribution >= 0.6 is 0 Å². The van der Waals surface area contributed by atoms with Crippen LogP contribution in [-0.2, 0) is 11.2 Å². The number of benzene rings is 1. The second kappa shape index (κ2) is 7.00. The van der Waals surface area contributed by atoms with E-state index in [1.54, 1.807) is 6.07 Å². The standard InChI is InChI=1S/C16H22BN2O8/c1-8(20)13(18)15(21)19-6-10(7-19)26-11-3-2-9-4-5-17(24,25)27-14(9)12(11)16(22)23/h2-3,8,10,13,20,24-25H,4-7,18H2,1H3,(H,22,23)/q-1/t8-,13+/m1/s1. The zero-order valence-corrected chi connectivity index (χ0v) is 14.7. The normalized spacial score (nSPS) is 20.7. The highest BCUT2D eigenvalue weighted by Crippen LogP contribution is 2.38. The number of fused-ring (bicyclic) bond motifs is 1. The number of carboxylic acids is 1. The third-order valence-corrected chi connectivity index (χ3v) is 4.77. The molecule has 2 aliphatic rings. The van der Waals surface area contributed by atoms with E-state index in [1.807, 2.05) is 0 Å². The maximum absolute atomic E-state index is 12.0. The molecular weight excluding hydrogens is 359 g/mol. The second-order valence-electron chi connectivity index (χ2n) is 7.00. The molecule has 1 fully saturated rings. The van der Waals surface area contributed by atoms with E-state index in [-0.39, 0.29) is 42.9 Å². The summed E-state index contributed by atoms with van der Waals surface area (Å²) < 4.78 is 10.8. The van der Waals surface area contributed by atoms with E-state index in [4.69, 9.17) is 15.1 Å². The highest BCUT2D eigenvalue weighted by Gasteiger charge is 2.38. The number of likely N-dealkylation sites (tertiary alicyclic amines) is 1. The van der Waals surface area contributed by atoms with Crippen LogP contribution in [0.25, 0.3) is 0 Å². The van der Waals surface area contributed by atoms with Crippen LogP contribution in [-0.4, -0.2) is 75.1 Å². The molecule has 0 aliphatic carbocycles. The average molecular weight is 381 g/mol. The Morgan fingerprint density at radius 2 is 2.04 bits per heavy atom. The Labute approximate surface area is 155 Å². The number of nitrogens with two attached hydrogens (primary N) is 1. The van der Waals surface area contributed by atoms with Gasteiger partial charge < -0.3 is 40.3 Å². The van der Waals surface area contributed by atoms with E-state index in [0.717, 1.165) is 0 Å². The third-order valence-electron chi connectivity index (χ3n) is 4.77. The van der Waals surface area contributed by atoms with Gasteiger partial charge in [-0.05, 0) is 25.0 Å². The van der Waals surface area contributed by atoms with Crippen molar-refractivity contribution < 1.29 is 39.2 Å². The third kappa shape index (κ3) is 3.86. The van der Waals surface area contributed by atoms with Crippen LogP contribution in [0.4, 0.5) is 0 Å². The molecule has 0 radical (unpaired) electrons. The van der Waals surface area contributed by atoms with Crippen LogP contribution in [0.1, 0.15) is 22.8 Å². The van der Waals surface area contributed by atoms with Gasteiger partial charge in [0.1, 0.15) is 23.5 Å². The SMILES string of the molecule is C[C@@H](O)[C@H](N)C(=O)N1CC(Oc2ccc3c(c2C(=O)O)O[B-](O)(O)CC3)C1. The fraction of sp³-hybridized carbons (Fsp3) is 0.500. The van der Waals surface area contributed by atoms with Gasteiger partial charge in [-0.15, -0.1) is 0 Å². The number of rotatable bonds is 5. The van der Waals surface area contributed by atoms with Gasteiger partial charge in [0.25, 0.3) is 0 Å². The van der Waals surface area contributed by atoms with Gasteiger partial charge in [-0.1, -0.05) is 12.4 Å². The number of aryl methyl sites for hydroxylation is 1. The second-order valence-corrected chi connectivity index (χ2v) is 7.00. The van der Waals surface area contributed by atoms with Crippen LogP contribution < -0.4 is 15.1 Å². The number of carbonyl (C=O) groups excluding carboxylic acids is 1. The summed E-state index contributed by atoms with van der Waals surface area (Å²) in [4.78, 5) is 25.1. The van der Waals surface area contributed by atoms with Crippen molar-refractivity contribution in [2.24, 2.45) is 5.73 Å². The van der Waals surface area contributed by atoms with Gasteiger partial charge in [-0.25, -0.2) is 4.79 Å². The number of aliphatic hydroxyl groups is 1. The Bertz CT molecular complexity index is 763. The maximum atomic E-state index is 12.0. The number of hydrogen-bond donors (Lipinski definition) is 5. The zero-order valence-electron chi connectivity index (χ0n) is 14.7. The van der Waals surface area contributed by atoms with E-state index in [9.17, 15) is 29.9 Å². The van der Waals surface area contributed by atoms with Gasteiger partial charge in [0.15, 0.2) is 0 Å². The number of nitrogens with zero attached hydrogens (tertiary/aromatic N) is 1. The summed E-state index contributed by atoms with van der Waals surface area (Å²) in [5.41, 5.74) is 5.88. The van der Waals surface area contributed by atoms with Crippen LogP contribution in [0, 0.1) is 0 Å². The minimum absolute atomic E-state index is 0.0184. The molecule has 1 saturated heterocycles. The largest absolute Gasteiger partial charge is 0.669 e. The fourth-order valence-electron chi connectivity index (χ4n) is 3.12. The van der Waals surface area contributed by atoms with Crippen LogP contribution in [0.5, 0.6) is 11.5 Å². The van der Waals surface area contributed by atoms with Crippen LogP contribution in [0.3, 0.4) is 0 Å². The lowest BCUT2D eigenvalue weighted by molar-refractivity contribution is -0.143. The lowest BCUT2D eigenvalue weighted by Gasteiger charge is -2.41. The Hall–Kier alpha value is -2.34. The molecule has 0 unspecified atom stereocenters. The Balaban J connectivity index is 1.74. The molecule has 10 nitrogen and oxygen atoms in total. The number of carboxylic acid groups (broad SMARTS) is 1. The van der Waals surface area contributed by atoms with Crippen molar-refractivity contribution in [3.8, 4) is 11.5 Å². The molecule has 148 valence electrons. The van der Waals surface area contributed by atoms with Crippen molar-refractivity contribution in [1.29, 1.82) is 0 Å². The summed E-state index contributed by atoms with van der Waals surface area (Å²) in [7, 11) is 0. The fourth-order valence-corrected chi connectivity index (χ4v) is 3.12. The van der Waals surface area contributed by atoms with E-state index in [1.165, 1.54) is 17.9 Å². The predicted octanol–water partition coefficient (Wildman–Crippen LogP) is -1.46. The van der Waals surface area contributed by atoms with E-state index >= 15 is 0 Å². The Morgan fingerprint density at radius 1 is 1.37 bits per heavy atom. The van der Waals surface area contributed by atoms with E-state index in [2.05, 4.69) is 0 Å². The van der Waals surface area contributed by atoms with Crippen LogP contribution in [0.2, 0.25) is 6.32 Å². The van der Waals surface area contributed by atoms with Gasteiger partial charge in [0.2, 0.25) is 5.91 Å². The van der Waals surface area contributed by atoms with Gasteiger partial charge in [0.05, 0.1) is 24.9 Å². The summed E-state index contributed by atoms with van der Waals surface area (Å²) >= 11 is 0. The highest BCUT2D eigenvalue weighted by molar-refractivity contribution is 6.59. The van der Waals surface area contributed by atoms with Gasteiger partial charge in [0, 0.05) is 0 Å². The monoisotopic (exact) mass is 381 g/mol. The topological polar surface area (TPSA) is 163 Å². The van der Waals surface area contributed by atoms with E-state index < -0.39 is 36.9 Å². The predicted molar refractivity (Wildman–Crippen MR) is 93.4 cm³/mol. The maximum Gasteiger partial charge on any atom is 0.430 e. The molecule has 0 aromatic heterocycles. The molecule has 0 saturated carbocycles. The molecule has 1 aromatic rings. The highest BCUT2D eigenvalue weighted by atomic mass is 16.6. The first-order valence-electron chi connectivity index (χ1n) is 8.66. The molecule has 1 aromatic carbocycles. The summed E-state index contributed by atoms with van der Waals surface area (Å²) in [6.45, 7) is -1.29. The quantitative estimate of drug-likeness (QED) is 0.384.